The molecule has 3 rings (SSSR count). The van der Waals surface area contributed by atoms with Crippen molar-refractivity contribution in [3.63, 3.8) is 0 Å². The van der Waals surface area contributed by atoms with E-state index in [9.17, 15) is 4.79 Å². The summed E-state index contributed by atoms with van der Waals surface area (Å²) < 4.78 is 0. The summed E-state index contributed by atoms with van der Waals surface area (Å²) >= 11 is 0. The van der Waals surface area contributed by atoms with Crippen molar-refractivity contribution in [3.05, 3.63) is 0 Å². The van der Waals surface area contributed by atoms with E-state index in [1.807, 2.05) is 0 Å². The second-order valence-corrected chi connectivity index (χ2v) is 5.15. The summed E-state index contributed by atoms with van der Waals surface area (Å²) in [6.07, 6.45) is 6.21. The highest BCUT2D eigenvalue weighted by Crippen LogP contribution is 2.68. The lowest BCUT2D eigenvalue weighted by molar-refractivity contribution is -0.137. The van der Waals surface area contributed by atoms with Crippen LogP contribution in [0.25, 0.3) is 0 Å². The van der Waals surface area contributed by atoms with Gasteiger partial charge in [-0.2, -0.15) is 0 Å². The lowest BCUT2D eigenvalue weighted by Crippen LogP contribution is -2.51. The molecule has 66 valence electrons. The van der Waals surface area contributed by atoms with Gasteiger partial charge in [-0.1, -0.05) is 13.3 Å². The van der Waals surface area contributed by atoms with Gasteiger partial charge in [0.1, 0.15) is 5.78 Å². The number of fused-ring (bicyclic) bond motifs is 4. The van der Waals surface area contributed by atoms with Crippen LogP contribution in [0.4, 0.5) is 0 Å². The standard InChI is InChI=1S/C11H16O/c1-11-6-5-9(12)10(11)7-3-2-4-8(7)11/h7-8,10H,2-6H2,1H3. The summed E-state index contributed by atoms with van der Waals surface area (Å²) in [4.78, 5) is 11.6. The Morgan fingerprint density at radius 2 is 2.25 bits per heavy atom. The smallest absolute Gasteiger partial charge is 0.136 e. The minimum Gasteiger partial charge on any atom is -0.299 e. The topological polar surface area (TPSA) is 17.1 Å². The molecule has 0 aromatic rings. The normalized spacial score (nSPS) is 56.4. The Bertz CT molecular complexity index is 245. The molecule has 1 nitrogen and oxygen atoms in total. The molecule has 0 aromatic heterocycles. The van der Waals surface area contributed by atoms with Crippen molar-refractivity contribution < 1.29 is 4.79 Å². The fourth-order valence-corrected chi connectivity index (χ4v) is 4.30. The molecule has 4 unspecified atom stereocenters. The van der Waals surface area contributed by atoms with E-state index in [1.165, 1.54) is 25.7 Å². The van der Waals surface area contributed by atoms with E-state index in [0.29, 0.717) is 17.1 Å². The van der Waals surface area contributed by atoms with E-state index >= 15 is 0 Å². The molecule has 1 heteroatoms. The van der Waals surface area contributed by atoms with Crippen LogP contribution in [0, 0.1) is 23.2 Å². The Balaban J connectivity index is 1.97. The number of Topliss-reactive ketones (excluding diaryl/α,β-unsaturated/α-hetero) is 1. The number of hydrogen-bond acceptors (Lipinski definition) is 1. The first kappa shape index (κ1) is 7.11. The monoisotopic (exact) mass is 164 g/mol. The van der Waals surface area contributed by atoms with Crippen LogP contribution in [0.15, 0.2) is 0 Å². The summed E-state index contributed by atoms with van der Waals surface area (Å²) in [5.41, 5.74) is 0.457. The maximum atomic E-state index is 11.6. The second kappa shape index (κ2) is 1.94. The molecule has 0 N–H and O–H groups in total. The second-order valence-electron chi connectivity index (χ2n) is 5.15. The van der Waals surface area contributed by atoms with Crippen LogP contribution in [0.5, 0.6) is 0 Å². The zero-order chi connectivity index (χ0) is 8.34. The van der Waals surface area contributed by atoms with Gasteiger partial charge in [-0.25, -0.2) is 0 Å². The van der Waals surface area contributed by atoms with Gasteiger partial charge < -0.3 is 0 Å². The molecule has 0 heterocycles. The maximum Gasteiger partial charge on any atom is 0.136 e. The molecule has 3 aliphatic rings. The average molecular weight is 164 g/mol. The predicted molar refractivity (Wildman–Crippen MR) is 46.7 cm³/mol. The zero-order valence-electron chi connectivity index (χ0n) is 7.68. The van der Waals surface area contributed by atoms with Crippen molar-refractivity contribution in [2.75, 3.05) is 0 Å². The summed E-state index contributed by atoms with van der Waals surface area (Å²) in [7, 11) is 0. The molecule has 4 atom stereocenters. The summed E-state index contributed by atoms with van der Waals surface area (Å²) in [6, 6.07) is 0. The molecule has 3 saturated carbocycles. The minimum absolute atomic E-state index is 0.457. The molecule has 3 aliphatic carbocycles. The van der Waals surface area contributed by atoms with Crippen molar-refractivity contribution >= 4 is 5.78 Å². The van der Waals surface area contributed by atoms with Crippen molar-refractivity contribution in [1.82, 2.24) is 0 Å². The summed E-state index contributed by atoms with van der Waals surface area (Å²) in [6.45, 7) is 2.36. The van der Waals surface area contributed by atoms with Gasteiger partial charge >= 0.3 is 0 Å². The third-order valence-corrected chi connectivity index (χ3v) is 4.81. The number of carbonyl (C=O) groups excluding carboxylic acids is 1. The van der Waals surface area contributed by atoms with Gasteiger partial charge in [0, 0.05) is 12.3 Å². The molecular weight excluding hydrogens is 148 g/mol. The van der Waals surface area contributed by atoms with Crippen LogP contribution >= 0.6 is 0 Å². The average Bonchev–Trinajstić information content (AvgIpc) is 2.53. The zero-order valence-corrected chi connectivity index (χ0v) is 7.68. The molecule has 0 saturated heterocycles. The van der Waals surface area contributed by atoms with Gasteiger partial charge in [-0.15, -0.1) is 0 Å². The molecule has 0 aliphatic heterocycles. The molecular formula is C11H16O. The fourth-order valence-electron chi connectivity index (χ4n) is 4.30. The molecule has 0 amide bonds. The summed E-state index contributed by atoms with van der Waals surface area (Å²) in [5.74, 6) is 2.81. The van der Waals surface area contributed by atoms with Gasteiger partial charge in [0.25, 0.3) is 0 Å². The minimum atomic E-state index is 0.457. The first-order valence-corrected chi connectivity index (χ1v) is 5.26. The molecule has 0 spiro atoms. The van der Waals surface area contributed by atoms with Crippen LogP contribution < -0.4 is 0 Å². The lowest BCUT2D eigenvalue weighted by atomic mass is 9.50. The first-order chi connectivity index (χ1) is 5.73. The number of ketones is 1. The van der Waals surface area contributed by atoms with E-state index in [-0.39, 0.29) is 0 Å². The fraction of sp³-hybridized carbons (Fsp3) is 0.909. The molecule has 12 heavy (non-hydrogen) atoms. The van der Waals surface area contributed by atoms with Crippen molar-refractivity contribution in [2.45, 2.75) is 39.0 Å². The highest BCUT2D eigenvalue weighted by Gasteiger charge is 2.64. The highest BCUT2D eigenvalue weighted by molar-refractivity contribution is 5.86. The van der Waals surface area contributed by atoms with Crippen LogP contribution in [0.2, 0.25) is 0 Å². The third kappa shape index (κ3) is 0.571. The van der Waals surface area contributed by atoms with Gasteiger partial charge in [-0.05, 0) is 36.5 Å². The van der Waals surface area contributed by atoms with Crippen molar-refractivity contribution in [1.29, 1.82) is 0 Å². The Kier molecular flexibility index (Phi) is 1.15. The van der Waals surface area contributed by atoms with Crippen LogP contribution in [0.3, 0.4) is 0 Å². The Labute approximate surface area is 73.5 Å². The molecule has 0 bridgehead atoms. The largest absolute Gasteiger partial charge is 0.299 e. The molecule has 0 radical (unpaired) electrons. The first-order valence-electron chi connectivity index (χ1n) is 5.26. The number of hydrogen-bond donors (Lipinski definition) is 0. The van der Waals surface area contributed by atoms with Gasteiger partial charge in [-0.3, -0.25) is 4.79 Å². The van der Waals surface area contributed by atoms with Crippen LogP contribution in [-0.2, 0) is 4.79 Å². The predicted octanol–water partition coefficient (Wildman–Crippen LogP) is 2.40. The Morgan fingerprint density at radius 3 is 3.08 bits per heavy atom. The van der Waals surface area contributed by atoms with Crippen molar-refractivity contribution in [3.8, 4) is 0 Å². The maximum absolute atomic E-state index is 11.6. The van der Waals surface area contributed by atoms with Crippen molar-refractivity contribution in [2.24, 2.45) is 23.2 Å². The van der Waals surface area contributed by atoms with E-state index in [2.05, 4.69) is 6.92 Å². The van der Waals surface area contributed by atoms with Crippen LogP contribution in [-0.4, -0.2) is 5.78 Å². The molecule has 0 aromatic carbocycles. The Hall–Kier alpha value is -0.330. The van der Waals surface area contributed by atoms with E-state index in [4.69, 9.17) is 0 Å². The van der Waals surface area contributed by atoms with E-state index in [1.54, 1.807) is 0 Å². The Morgan fingerprint density at radius 1 is 1.42 bits per heavy atom. The summed E-state index contributed by atoms with van der Waals surface area (Å²) in [5, 5.41) is 0. The lowest BCUT2D eigenvalue weighted by Gasteiger charge is -2.53. The number of carbonyl (C=O) groups is 1. The molecule has 3 fully saturated rings. The number of rotatable bonds is 0. The third-order valence-electron chi connectivity index (χ3n) is 4.81. The van der Waals surface area contributed by atoms with E-state index < -0.39 is 0 Å². The van der Waals surface area contributed by atoms with Gasteiger partial charge in [0.15, 0.2) is 0 Å². The van der Waals surface area contributed by atoms with E-state index in [0.717, 1.165) is 18.3 Å². The van der Waals surface area contributed by atoms with Gasteiger partial charge in [0.05, 0.1) is 0 Å². The highest BCUT2D eigenvalue weighted by atomic mass is 16.1. The quantitative estimate of drug-likeness (QED) is 0.537. The SMILES string of the molecule is CC12CCC(=O)C1C1CCCC12. The van der Waals surface area contributed by atoms with Gasteiger partial charge in [0.2, 0.25) is 0 Å². The van der Waals surface area contributed by atoms with Crippen LogP contribution in [0.1, 0.15) is 39.0 Å².